The van der Waals surface area contributed by atoms with E-state index in [0.717, 1.165) is 32.7 Å². The highest BCUT2D eigenvalue weighted by Crippen LogP contribution is 2.15. The minimum Gasteiger partial charge on any atom is -0.374 e. The quantitative estimate of drug-likeness (QED) is 0.753. The Balaban J connectivity index is 2.34. The first-order valence-corrected chi connectivity index (χ1v) is 6.26. The fraction of sp³-hybridized carbons (Fsp3) is 1.00. The molecule has 0 amide bonds. The van der Waals surface area contributed by atoms with Crippen molar-refractivity contribution in [1.82, 2.24) is 4.90 Å². The molecule has 0 aromatic heterocycles. The van der Waals surface area contributed by atoms with Crippen molar-refractivity contribution in [3.8, 4) is 0 Å². The van der Waals surface area contributed by atoms with Crippen LogP contribution in [0.15, 0.2) is 0 Å². The summed E-state index contributed by atoms with van der Waals surface area (Å²) in [4.78, 5) is 2.42. The van der Waals surface area contributed by atoms with Gasteiger partial charge in [0.1, 0.15) is 0 Å². The van der Waals surface area contributed by atoms with Crippen LogP contribution in [0.3, 0.4) is 0 Å². The highest BCUT2D eigenvalue weighted by atomic mass is 16.5. The van der Waals surface area contributed by atoms with Gasteiger partial charge in [0.15, 0.2) is 0 Å². The Morgan fingerprint density at radius 3 is 2.80 bits per heavy atom. The molecule has 1 aliphatic rings. The molecule has 0 aliphatic carbocycles. The van der Waals surface area contributed by atoms with Crippen molar-refractivity contribution in [2.24, 2.45) is 11.7 Å². The van der Waals surface area contributed by atoms with E-state index in [9.17, 15) is 0 Å². The molecular weight excluding hydrogens is 188 g/mol. The molecule has 90 valence electrons. The van der Waals surface area contributed by atoms with E-state index in [2.05, 4.69) is 25.7 Å². The van der Waals surface area contributed by atoms with E-state index in [4.69, 9.17) is 10.5 Å². The summed E-state index contributed by atoms with van der Waals surface area (Å²) in [5, 5.41) is 0. The number of hydrogen-bond acceptors (Lipinski definition) is 3. The van der Waals surface area contributed by atoms with Crippen LogP contribution < -0.4 is 5.73 Å². The third-order valence-electron chi connectivity index (χ3n) is 3.47. The minimum absolute atomic E-state index is 0.203. The number of ether oxygens (including phenoxy) is 1. The van der Waals surface area contributed by atoms with Crippen molar-refractivity contribution >= 4 is 0 Å². The average Bonchev–Trinajstić information content (AvgIpc) is 2.28. The zero-order valence-corrected chi connectivity index (χ0v) is 10.4. The highest BCUT2D eigenvalue weighted by Gasteiger charge is 2.25. The molecule has 3 atom stereocenters. The molecule has 2 N–H and O–H groups in total. The molecule has 3 unspecified atom stereocenters. The molecule has 0 aromatic carbocycles. The Bertz CT molecular complexity index is 175. The zero-order valence-electron chi connectivity index (χ0n) is 10.4. The lowest BCUT2D eigenvalue weighted by atomic mass is 9.96. The first-order valence-electron chi connectivity index (χ1n) is 6.26. The lowest BCUT2D eigenvalue weighted by Gasteiger charge is -2.35. The van der Waals surface area contributed by atoms with Crippen molar-refractivity contribution in [1.29, 1.82) is 0 Å². The summed E-state index contributed by atoms with van der Waals surface area (Å²) in [6, 6.07) is 0.203. The molecule has 0 bridgehead atoms. The van der Waals surface area contributed by atoms with Crippen molar-refractivity contribution in [2.75, 3.05) is 26.2 Å². The first kappa shape index (κ1) is 12.9. The van der Waals surface area contributed by atoms with Gasteiger partial charge < -0.3 is 10.5 Å². The molecule has 1 saturated heterocycles. The summed E-state index contributed by atoms with van der Waals surface area (Å²) >= 11 is 0. The topological polar surface area (TPSA) is 38.5 Å². The van der Waals surface area contributed by atoms with Crippen LogP contribution in [-0.2, 0) is 4.74 Å². The van der Waals surface area contributed by atoms with E-state index in [1.807, 2.05) is 0 Å². The van der Waals surface area contributed by atoms with Gasteiger partial charge >= 0.3 is 0 Å². The molecule has 0 spiro atoms. The summed E-state index contributed by atoms with van der Waals surface area (Å²) in [6.45, 7) is 10.7. The van der Waals surface area contributed by atoms with Crippen LogP contribution >= 0.6 is 0 Å². The molecule has 15 heavy (non-hydrogen) atoms. The third kappa shape index (κ3) is 4.09. The first-order chi connectivity index (χ1) is 7.17. The van der Waals surface area contributed by atoms with Crippen molar-refractivity contribution in [3.63, 3.8) is 0 Å². The van der Waals surface area contributed by atoms with Gasteiger partial charge in [-0.05, 0) is 18.9 Å². The Labute approximate surface area is 94.0 Å². The van der Waals surface area contributed by atoms with Gasteiger partial charge in [0, 0.05) is 19.1 Å². The molecule has 1 fully saturated rings. The smallest absolute Gasteiger partial charge is 0.0853 e. The molecule has 1 rings (SSSR count). The number of hydrogen-bond donors (Lipinski definition) is 1. The second-order valence-corrected chi connectivity index (χ2v) is 4.72. The lowest BCUT2D eigenvalue weighted by molar-refractivity contribution is -0.0417. The summed E-state index contributed by atoms with van der Waals surface area (Å²) in [6.07, 6.45) is 2.53. The van der Waals surface area contributed by atoms with Gasteiger partial charge in [-0.15, -0.1) is 0 Å². The number of morpholine rings is 1. The summed E-state index contributed by atoms with van der Waals surface area (Å²) < 4.78 is 5.75. The third-order valence-corrected chi connectivity index (χ3v) is 3.47. The Morgan fingerprint density at radius 1 is 1.47 bits per heavy atom. The van der Waals surface area contributed by atoms with E-state index in [1.54, 1.807) is 0 Å². The van der Waals surface area contributed by atoms with Crippen LogP contribution in [0.4, 0.5) is 0 Å². The van der Waals surface area contributed by atoms with E-state index < -0.39 is 0 Å². The zero-order chi connectivity index (χ0) is 11.3. The van der Waals surface area contributed by atoms with Crippen LogP contribution in [-0.4, -0.2) is 43.3 Å². The Kier molecular flexibility index (Phi) is 5.58. The summed E-state index contributed by atoms with van der Waals surface area (Å²) in [5.41, 5.74) is 6.19. The van der Waals surface area contributed by atoms with E-state index in [0.29, 0.717) is 5.92 Å². The minimum atomic E-state index is 0.203. The van der Waals surface area contributed by atoms with Gasteiger partial charge in [-0.3, -0.25) is 4.90 Å². The van der Waals surface area contributed by atoms with E-state index in [-0.39, 0.29) is 12.1 Å². The second-order valence-electron chi connectivity index (χ2n) is 4.72. The van der Waals surface area contributed by atoms with Gasteiger partial charge in [0.2, 0.25) is 0 Å². The predicted octanol–water partition coefficient (Wildman–Crippen LogP) is 1.47. The largest absolute Gasteiger partial charge is 0.374 e. The number of nitrogens with zero attached hydrogens (tertiary/aromatic N) is 1. The van der Waals surface area contributed by atoms with Crippen LogP contribution in [0.2, 0.25) is 0 Å². The Morgan fingerprint density at radius 2 is 2.20 bits per heavy atom. The summed E-state index contributed by atoms with van der Waals surface area (Å²) in [5.74, 6) is 0.709. The van der Waals surface area contributed by atoms with Crippen molar-refractivity contribution in [2.45, 2.75) is 45.8 Å². The van der Waals surface area contributed by atoms with Gasteiger partial charge in [-0.2, -0.15) is 0 Å². The summed E-state index contributed by atoms with van der Waals surface area (Å²) in [7, 11) is 0. The molecule has 1 heterocycles. The van der Waals surface area contributed by atoms with Gasteiger partial charge in [-0.1, -0.05) is 27.2 Å². The number of likely N-dealkylation sites (N-methyl/N-ethyl adjacent to an activating group) is 1. The fourth-order valence-electron chi connectivity index (χ4n) is 2.06. The molecule has 3 nitrogen and oxygen atoms in total. The normalized spacial score (nSPS) is 27.6. The maximum absolute atomic E-state index is 6.19. The Hall–Kier alpha value is -0.120. The number of nitrogens with two attached hydrogens (primary N) is 1. The van der Waals surface area contributed by atoms with Crippen molar-refractivity contribution in [3.05, 3.63) is 0 Å². The van der Waals surface area contributed by atoms with E-state index in [1.165, 1.54) is 6.42 Å². The SMILES string of the molecule is CCC(C)CC(N)C1CN(CC)CCO1. The molecule has 0 aromatic rings. The van der Waals surface area contributed by atoms with Gasteiger partial charge in [0.05, 0.1) is 12.7 Å². The van der Waals surface area contributed by atoms with Crippen molar-refractivity contribution < 1.29 is 4.74 Å². The number of rotatable bonds is 5. The molecule has 0 saturated carbocycles. The lowest BCUT2D eigenvalue weighted by Crippen LogP contribution is -2.50. The standard InChI is InChI=1S/C12H26N2O/c1-4-10(3)8-11(13)12-9-14(5-2)6-7-15-12/h10-12H,4-9,13H2,1-3H3. The molecule has 1 aliphatic heterocycles. The fourth-order valence-corrected chi connectivity index (χ4v) is 2.06. The molecule has 0 radical (unpaired) electrons. The van der Waals surface area contributed by atoms with E-state index >= 15 is 0 Å². The van der Waals surface area contributed by atoms with Crippen LogP contribution in [0.25, 0.3) is 0 Å². The highest BCUT2D eigenvalue weighted by molar-refractivity contribution is 4.81. The predicted molar refractivity (Wildman–Crippen MR) is 63.9 cm³/mol. The monoisotopic (exact) mass is 214 g/mol. The second kappa shape index (κ2) is 6.46. The maximum Gasteiger partial charge on any atom is 0.0853 e. The molecular formula is C12H26N2O. The van der Waals surface area contributed by atoms with Gasteiger partial charge in [0.25, 0.3) is 0 Å². The average molecular weight is 214 g/mol. The maximum atomic E-state index is 6.19. The van der Waals surface area contributed by atoms with Crippen LogP contribution in [0.1, 0.15) is 33.6 Å². The molecule has 3 heteroatoms. The van der Waals surface area contributed by atoms with Crippen LogP contribution in [0, 0.1) is 5.92 Å². The van der Waals surface area contributed by atoms with Gasteiger partial charge in [-0.25, -0.2) is 0 Å². The van der Waals surface area contributed by atoms with Crippen LogP contribution in [0.5, 0.6) is 0 Å².